The van der Waals surface area contributed by atoms with Crippen LogP contribution in [-0.2, 0) is 10.2 Å². The third-order valence-corrected chi connectivity index (χ3v) is 4.67. The molecule has 0 bridgehead atoms. The van der Waals surface area contributed by atoms with Gasteiger partial charge in [-0.25, -0.2) is 4.79 Å². The summed E-state index contributed by atoms with van der Waals surface area (Å²) in [5.41, 5.74) is 5.82. The standard InChI is InChI=1S/C23H25NO2/c1-16-18(22(25)26-5)15-21(17-11-7-6-8-12-17)24(16)20-14-10-9-13-19(20)23(2,3)4/h6-15H,1-5H3. The molecule has 0 aliphatic carbocycles. The van der Waals surface area contributed by atoms with Crippen molar-refractivity contribution in [3.63, 3.8) is 0 Å². The number of aromatic nitrogens is 1. The lowest BCUT2D eigenvalue weighted by atomic mass is 9.85. The highest BCUT2D eigenvalue weighted by Gasteiger charge is 2.24. The van der Waals surface area contributed by atoms with Gasteiger partial charge in [0.2, 0.25) is 0 Å². The van der Waals surface area contributed by atoms with E-state index in [4.69, 9.17) is 4.74 Å². The molecule has 0 aliphatic heterocycles. The van der Waals surface area contributed by atoms with Gasteiger partial charge in [0.15, 0.2) is 0 Å². The Labute approximate surface area is 155 Å². The van der Waals surface area contributed by atoms with Gasteiger partial charge in [-0.2, -0.15) is 0 Å². The minimum atomic E-state index is -0.313. The van der Waals surface area contributed by atoms with E-state index < -0.39 is 0 Å². The predicted molar refractivity (Wildman–Crippen MR) is 106 cm³/mol. The fourth-order valence-electron chi connectivity index (χ4n) is 3.36. The fraction of sp³-hybridized carbons (Fsp3) is 0.261. The molecule has 0 amide bonds. The molecule has 0 spiro atoms. The van der Waals surface area contributed by atoms with E-state index in [1.54, 1.807) is 0 Å². The van der Waals surface area contributed by atoms with E-state index in [9.17, 15) is 4.79 Å². The predicted octanol–water partition coefficient (Wildman–Crippen LogP) is 5.54. The molecule has 2 aromatic carbocycles. The molecule has 3 heteroatoms. The Kier molecular flexibility index (Phi) is 4.73. The molecule has 3 rings (SSSR count). The van der Waals surface area contributed by atoms with Crippen LogP contribution in [0.2, 0.25) is 0 Å². The number of carbonyl (C=O) groups is 1. The highest BCUT2D eigenvalue weighted by molar-refractivity contribution is 5.93. The van der Waals surface area contributed by atoms with Gasteiger partial charge in [-0.1, -0.05) is 69.3 Å². The molecular weight excluding hydrogens is 322 g/mol. The van der Waals surface area contributed by atoms with E-state index in [2.05, 4.69) is 55.7 Å². The maximum Gasteiger partial charge on any atom is 0.339 e. The van der Waals surface area contributed by atoms with E-state index in [1.807, 2.05) is 37.3 Å². The quantitative estimate of drug-likeness (QED) is 0.583. The highest BCUT2D eigenvalue weighted by atomic mass is 16.5. The summed E-state index contributed by atoms with van der Waals surface area (Å²) in [7, 11) is 1.42. The second kappa shape index (κ2) is 6.83. The van der Waals surface area contributed by atoms with Gasteiger partial charge in [-0.05, 0) is 35.6 Å². The van der Waals surface area contributed by atoms with Crippen molar-refractivity contribution in [3.05, 3.63) is 77.5 Å². The van der Waals surface area contributed by atoms with Crippen LogP contribution in [0.5, 0.6) is 0 Å². The van der Waals surface area contributed by atoms with Crippen LogP contribution in [0.1, 0.15) is 42.4 Å². The van der Waals surface area contributed by atoms with Crippen LogP contribution in [0.25, 0.3) is 16.9 Å². The van der Waals surface area contributed by atoms with Gasteiger partial charge in [0.05, 0.1) is 18.4 Å². The maximum atomic E-state index is 12.3. The fourth-order valence-corrected chi connectivity index (χ4v) is 3.36. The number of nitrogens with zero attached hydrogens (tertiary/aromatic N) is 1. The lowest BCUT2D eigenvalue weighted by Crippen LogP contribution is -2.16. The van der Waals surface area contributed by atoms with Gasteiger partial charge >= 0.3 is 5.97 Å². The molecule has 26 heavy (non-hydrogen) atoms. The summed E-state index contributed by atoms with van der Waals surface area (Å²) in [6.07, 6.45) is 0. The average Bonchev–Trinajstić information content (AvgIpc) is 2.98. The van der Waals surface area contributed by atoms with Crippen molar-refractivity contribution in [1.29, 1.82) is 0 Å². The zero-order valence-electron chi connectivity index (χ0n) is 16.0. The lowest BCUT2D eigenvalue weighted by molar-refractivity contribution is 0.0600. The summed E-state index contributed by atoms with van der Waals surface area (Å²) in [5.74, 6) is -0.313. The first-order valence-electron chi connectivity index (χ1n) is 8.80. The largest absolute Gasteiger partial charge is 0.465 e. The Balaban J connectivity index is 2.35. The SMILES string of the molecule is COC(=O)c1cc(-c2ccccc2)n(-c2ccccc2C(C)(C)C)c1C. The first-order chi connectivity index (χ1) is 12.3. The van der Waals surface area contributed by atoms with Crippen molar-refractivity contribution in [1.82, 2.24) is 4.57 Å². The highest BCUT2D eigenvalue weighted by Crippen LogP contribution is 2.35. The first kappa shape index (κ1) is 18.0. The van der Waals surface area contributed by atoms with Crippen LogP contribution in [0, 0.1) is 6.92 Å². The Hall–Kier alpha value is -2.81. The molecule has 0 aliphatic rings. The summed E-state index contributed by atoms with van der Waals surface area (Å²) in [6.45, 7) is 8.58. The van der Waals surface area contributed by atoms with Crippen molar-refractivity contribution in [2.75, 3.05) is 7.11 Å². The van der Waals surface area contributed by atoms with Gasteiger partial charge < -0.3 is 9.30 Å². The average molecular weight is 347 g/mol. The van der Waals surface area contributed by atoms with Crippen LogP contribution >= 0.6 is 0 Å². The monoisotopic (exact) mass is 347 g/mol. The molecule has 0 saturated carbocycles. The Morgan fingerprint density at radius 2 is 1.58 bits per heavy atom. The van der Waals surface area contributed by atoms with E-state index in [-0.39, 0.29) is 11.4 Å². The summed E-state index contributed by atoms with van der Waals surface area (Å²) in [5, 5.41) is 0. The lowest BCUT2D eigenvalue weighted by Gasteiger charge is -2.25. The van der Waals surface area contributed by atoms with Gasteiger partial charge in [0, 0.05) is 11.4 Å². The van der Waals surface area contributed by atoms with E-state index in [1.165, 1.54) is 12.7 Å². The molecule has 0 unspecified atom stereocenters. The zero-order valence-corrected chi connectivity index (χ0v) is 16.0. The summed E-state index contributed by atoms with van der Waals surface area (Å²) >= 11 is 0. The van der Waals surface area contributed by atoms with Crippen LogP contribution in [-0.4, -0.2) is 17.6 Å². The number of para-hydroxylation sites is 1. The molecule has 0 N–H and O–H groups in total. The minimum absolute atomic E-state index is 0.0211. The third-order valence-electron chi connectivity index (χ3n) is 4.67. The number of esters is 1. The van der Waals surface area contributed by atoms with Crippen molar-refractivity contribution in [2.45, 2.75) is 33.1 Å². The smallest absolute Gasteiger partial charge is 0.339 e. The Morgan fingerprint density at radius 1 is 0.962 bits per heavy atom. The van der Waals surface area contributed by atoms with Crippen LogP contribution in [0.4, 0.5) is 0 Å². The summed E-state index contributed by atoms with van der Waals surface area (Å²) in [6, 6.07) is 20.4. The zero-order chi connectivity index (χ0) is 18.9. The third kappa shape index (κ3) is 3.17. The summed E-state index contributed by atoms with van der Waals surface area (Å²) in [4.78, 5) is 12.3. The van der Waals surface area contributed by atoms with Crippen molar-refractivity contribution in [2.24, 2.45) is 0 Å². The second-order valence-corrected chi connectivity index (χ2v) is 7.49. The molecule has 1 aromatic heterocycles. The molecule has 0 saturated heterocycles. The topological polar surface area (TPSA) is 31.2 Å². The van der Waals surface area contributed by atoms with Gasteiger partial charge in [0.25, 0.3) is 0 Å². The van der Waals surface area contributed by atoms with Gasteiger partial charge in [-0.15, -0.1) is 0 Å². The molecule has 0 fully saturated rings. The molecule has 3 nitrogen and oxygen atoms in total. The number of ether oxygens (including phenoxy) is 1. The van der Waals surface area contributed by atoms with E-state index >= 15 is 0 Å². The number of carbonyl (C=O) groups excluding carboxylic acids is 1. The van der Waals surface area contributed by atoms with Gasteiger partial charge in [0.1, 0.15) is 0 Å². The number of hydrogen-bond donors (Lipinski definition) is 0. The van der Waals surface area contributed by atoms with E-state index in [0.29, 0.717) is 5.56 Å². The number of benzene rings is 2. The van der Waals surface area contributed by atoms with Crippen LogP contribution in [0.3, 0.4) is 0 Å². The molecule has 134 valence electrons. The maximum absolute atomic E-state index is 12.3. The minimum Gasteiger partial charge on any atom is -0.465 e. The number of rotatable bonds is 3. The number of hydrogen-bond acceptors (Lipinski definition) is 2. The van der Waals surface area contributed by atoms with E-state index in [0.717, 1.165) is 22.6 Å². The number of methoxy groups -OCH3 is 1. The van der Waals surface area contributed by atoms with Gasteiger partial charge in [-0.3, -0.25) is 0 Å². The van der Waals surface area contributed by atoms with Crippen molar-refractivity contribution in [3.8, 4) is 16.9 Å². The molecule has 0 atom stereocenters. The molecular formula is C23H25NO2. The van der Waals surface area contributed by atoms with Crippen molar-refractivity contribution < 1.29 is 9.53 Å². The van der Waals surface area contributed by atoms with Crippen molar-refractivity contribution >= 4 is 5.97 Å². The Bertz CT molecular complexity index is 931. The molecule has 1 heterocycles. The Morgan fingerprint density at radius 3 is 2.19 bits per heavy atom. The second-order valence-electron chi connectivity index (χ2n) is 7.49. The van der Waals surface area contributed by atoms with Crippen LogP contribution in [0.15, 0.2) is 60.7 Å². The van der Waals surface area contributed by atoms with Crippen LogP contribution < -0.4 is 0 Å². The normalized spacial score (nSPS) is 11.4. The summed E-state index contributed by atoms with van der Waals surface area (Å²) < 4.78 is 7.17. The first-order valence-corrected chi connectivity index (χ1v) is 8.80. The molecule has 3 aromatic rings. The molecule has 0 radical (unpaired) electrons.